The standard InChI is InChI=1S/C45H30/c1-45(2)41-25-32(34-21-18-30-17-16-28-10-5-11-29-19-23-38(34)44(30)43(28)29)20-22-37(41)40-24-31-12-7-15-36(39(31)26-42(40)45)35-14-6-9-27-8-3-4-13-33(27)35/h3-26H,1-2H3. The summed E-state index contributed by atoms with van der Waals surface area (Å²) in [6.45, 7) is 4.80. The molecule has 0 saturated carbocycles. The van der Waals surface area contributed by atoms with E-state index in [1.165, 1.54) is 98.4 Å². The van der Waals surface area contributed by atoms with Crippen LogP contribution in [0.2, 0.25) is 0 Å². The SMILES string of the molecule is CC1(C)c2cc(-c3ccc4ccc5cccc6ccc3c4c56)ccc2-c2cc3cccc(-c4cccc5ccccc45)c3cc21. The largest absolute Gasteiger partial charge is 0.0616 e. The van der Waals surface area contributed by atoms with Crippen LogP contribution in [-0.4, -0.2) is 0 Å². The molecule has 0 aromatic heterocycles. The van der Waals surface area contributed by atoms with Crippen molar-refractivity contribution in [3.8, 4) is 33.4 Å². The van der Waals surface area contributed by atoms with Crippen molar-refractivity contribution in [2.45, 2.75) is 19.3 Å². The lowest BCUT2D eigenvalue weighted by atomic mass is 9.80. The maximum absolute atomic E-state index is 2.48. The minimum Gasteiger partial charge on any atom is -0.0616 e. The van der Waals surface area contributed by atoms with Gasteiger partial charge in [-0.3, -0.25) is 0 Å². The first-order valence-corrected chi connectivity index (χ1v) is 15.9. The molecule has 45 heavy (non-hydrogen) atoms. The second-order valence-electron chi connectivity index (χ2n) is 13.3. The van der Waals surface area contributed by atoms with Gasteiger partial charge in [-0.05, 0) is 117 Å². The van der Waals surface area contributed by atoms with Crippen LogP contribution in [-0.2, 0) is 5.41 Å². The summed E-state index contributed by atoms with van der Waals surface area (Å²) < 4.78 is 0. The van der Waals surface area contributed by atoms with Crippen LogP contribution in [0.25, 0.3) is 87.2 Å². The van der Waals surface area contributed by atoms with Crippen LogP contribution in [0.5, 0.6) is 0 Å². The third kappa shape index (κ3) is 3.37. The Labute approximate surface area is 262 Å². The van der Waals surface area contributed by atoms with Crippen molar-refractivity contribution in [1.82, 2.24) is 0 Å². The summed E-state index contributed by atoms with van der Waals surface area (Å²) in [7, 11) is 0. The van der Waals surface area contributed by atoms with Gasteiger partial charge in [-0.2, -0.15) is 0 Å². The number of benzene rings is 9. The smallest absolute Gasteiger partial charge is 0.0159 e. The van der Waals surface area contributed by atoms with Gasteiger partial charge in [0.25, 0.3) is 0 Å². The van der Waals surface area contributed by atoms with Gasteiger partial charge in [0, 0.05) is 5.41 Å². The molecule has 0 radical (unpaired) electrons. The highest BCUT2D eigenvalue weighted by atomic mass is 14.4. The highest BCUT2D eigenvalue weighted by Gasteiger charge is 2.36. The summed E-state index contributed by atoms with van der Waals surface area (Å²) in [6, 6.07) is 54.7. The van der Waals surface area contributed by atoms with Gasteiger partial charge in [0.05, 0.1) is 0 Å². The number of hydrogen-bond acceptors (Lipinski definition) is 0. The molecular formula is C45H30. The zero-order chi connectivity index (χ0) is 29.9. The molecule has 0 fully saturated rings. The summed E-state index contributed by atoms with van der Waals surface area (Å²) in [6.07, 6.45) is 0. The molecular weight excluding hydrogens is 540 g/mol. The Balaban J connectivity index is 1.17. The third-order valence-electron chi connectivity index (χ3n) is 10.6. The highest BCUT2D eigenvalue weighted by Crippen LogP contribution is 2.52. The van der Waals surface area contributed by atoms with Crippen molar-refractivity contribution in [3.05, 3.63) is 157 Å². The molecule has 0 atom stereocenters. The monoisotopic (exact) mass is 570 g/mol. The maximum Gasteiger partial charge on any atom is 0.0159 e. The van der Waals surface area contributed by atoms with Gasteiger partial charge in [-0.25, -0.2) is 0 Å². The van der Waals surface area contributed by atoms with E-state index in [-0.39, 0.29) is 5.41 Å². The van der Waals surface area contributed by atoms with Gasteiger partial charge in [0.2, 0.25) is 0 Å². The molecule has 1 aliphatic carbocycles. The molecule has 0 heteroatoms. The number of fused-ring (bicyclic) bond motifs is 5. The fraction of sp³-hybridized carbons (Fsp3) is 0.0667. The van der Waals surface area contributed by atoms with Crippen LogP contribution in [0.4, 0.5) is 0 Å². The minimum atomic E-state index is -0.121. The van der Waals surface area contributed by atoms with Crippen LogP contribution in [0.15, 0.2) is 146 Å². The van der Waals surface area contributed by atoms with Crippen molar-refractivity contribution in [2.24, 2.45) is 0 Å². The van der Waals surface area contributed by atoms with Gasteiger partial charge in [0.15, 0.2) is 0 Å². The van der Waals surface area contributed by atoms with Crippen LogP contribution >= 0.6 is 0 Å². The van der Waals surface area contributed by atoms with Crippen molar-refractivity contribution < 1.29 is 0 Å². The molecule has 0 heterocycles. The molecule has 0 saturated heterocycles. The van der Waals surface area contributed by atoms with E-state index in [2.05, 4.69) is 159 Å². The Morgan fingerprint density at radius 1 is 0.333 bits per heavy atom. The highest BCUT2D eigenvalue weighted by molar-refractivity contribution is 6.25. The van der Waals surface area contributed by atoms with E-state index in [0.717, 1.165) is 0 Å². The lowest BCUT2D eigenvalue weighted by Crippen LogP contribution is -2.15. The third-order valence-corrected chi connectivity index (χ3v) is 10.6. The molecule has 0 aliphatic heterocycles. The predicted octanol–water partition coefficient (Wildman–Crippen LogP) is 12.5. The van der Waals surface area contributed by atoms with Crippen molar-refractivity contribution in [3.63, 3.8) is 0 Å². The van der Waals surface area contributed by atoms with Gasteiger partial charge >= 0.3 is 0 Å². The Kier molecular flexibility index (Phi) is 4.88. The summed E-state index contributed by atoms with van der Waals surface area (Å²) in [4.78, 5) is 0. The van der Waals surface area contributed by atoms with E-state index in [1.807, 2.05) is 0 Å². The Bertz CT molecular complexity index is 2650. The van der Waals surface area contributed by atoms with E-state index in [9.17, 15) is 0 Å². The second-order valence-corrected chi connectivity index (χ2v) is 13.3. The quantitative estimate of drug-likeness (QED) is 0.181. The summed E-state index contributed by atoms with van der Waals surface area (Å²) in [5.74, 6) is 0. The predicted molar refractivity (Wildman–Crippen MR) is 194 cm³/mol. The average molecular weight is 571 g/mol. The fourth-order valence-corrected chi connectivity index (χ4v) is 8.36. The Morgan fingerprint density at radius 3 is 1.78 bits per heavy atom. The molecule has 210 valence electrons. The molecule has 9 aromatic rings. The first-order chi connectivity index (χ1) is 22.1. The van der Waals surface area contributed by atoms with Crippen molar-refractivity contribution >= 4 is 53.9 Å². The summed E-state index contributed by atoms with van der Waals surface area (Å²) >= 11 is 0. The van der Waals surface area contributed by atoms with E-state index >= 15 is 0 Å². The maximum atomic E-state index is 2.48. The van der Waals surface area contributed by atoms with Gasteiger partial charge < -0.3 is 0 Å². The summed E-state index contributed by atoms with van der Waals surface area (Å²) in [5.41, 5.74) is 10.6. The molecule has 1 aliphatic rings. The lowest BCUT2D eigenvalue weighted by molar-refractivity contribution is 0.661. The Hall–Kier alpha value is -5.46. The molecule has 0 N–H and O–H groups in total. The minimum absolute atomic E-state index is 0.121. The van der Waals surface area contributed by atoms with Crippen LogP contribution < -0.4 is 0 Å². The fourth-order valence-electron chi connectivity index (χ4n) is 8.36. The second kappa shape index (κ2) is 8.80. The molecule has 0 amide bonds. The molecule has 0 nitrogen and oxygen atoms in total. The molecule has 0 bridgehead atoms. The zero-order valence-electron chi connectivity index (χ0n) is 25.4. The van der Waals surface area contributed by atoms with Crippen LogP contribution in [0.1, 0.15) is 25.0 Å². The molecule has 0 spiro atoms. The number of rotatable bonds is 2. The summed E-state index contributed by atoms with van der Waals surface area (Å²) in [5, 5.41) is 13.2. The van der Waals surface area contributed by atoms with E-state index < -0.39 is 0 Å². The first kappa shape index (κ1) is 24.9. The van der Waals surface area contributed by atoms with Crippen molar-refractivity contribution in [2.75, 3.05) is 0 Å². The molecule has 10 rings (SSSR count). The van der Waals surface area contributed by atoms with Crippen molar-refractivity contribution in [1.29, 1.82) is 0 Å². The Morgan fingerprint density at radius 2 is 0.933 bits per heavy atom. The van der Waals surface area contributed by atoms with Crippen LogP contribution in [0.3, 0.4) is 0 Å². The number of hydrogen-bond donors (Lipinski definition) is 0. The van der Waals surface area contributed by atoms with Crippen LogP contribution in [0, 0.1) is 0 Å². The molecule has 9 aromatic carbocycles. The topological polar surface area (TPSA) is 0 Å². The van der Waals surface area contributed by atoms with E-state index in [4.69, 9.17) is 0 Å². The first-order valence-electron chi connectivity index (χ1n) is 15.9. The normalized spacial score (nSPS) is 13.7. The van der Waals surface area contributed by atoms with Gasteiger partial charge in [0.1, 0.15) is 0 Å². The van der Waals surface area contributed by atoms with E-state index in [0.29, 0.717) is 0 Å². The van der Waals surface area contributed by atoms with Gasteiger partial charge in [-0.15, -0.1) is 0 Å². The molecule has 0 unspecified atom stereocenters. The average Bonchev–Trinajstić information content (AvgIpc) is 3.30. The zero-order valence-corrected chi connectivity index (χ0v) is 25.4. The lowest BCUT2D eigenvalue weighted by Gasteiger charge is -2.23. The van der Waals surface area contributed by atoms with E-state index in [1.54, 1.807) is 0 Å². The van der Waals surface area contributed by atoms with Gasteiger partial charge in [-0.1, -0.05) is 141 Å².